The molecule has 13 heavy (non-hydrogen) atoms. The molecule has 0 aromatic carbocycles. The highest BCUT2D eigenvalue weighted by molar-refractivity contribution is 5.92. The Morgan fingerprint density at radius 1 is 1.62 bits per heavy atom. The summed E-state index contributed by atoms with van der Waals surface area (Å²) in [6, 6.07) is 1.84. The van der Waals surface area contributed by atoms with Gasteiger partial charge in [-0.05, 0) is 19.4 Å². The molecule has 0 aliphatic heterocycles. The van der Waals surface area contributed by atoms with Crippen LogP contribution in [0.2, 0.25) is 0 Å². The maximum atomic E-state index is 11.4. The van der Waals surface area contributed by atoms with E-state index in [1.165, 1.54) is 0 Å². The van der Waals surface area contributed by atoms with Gasteiger partial charge in [0.1, 0.15) is 5.69 Å². The predicted octanol–water partition coefficient (Wildman–Crippen LogP) is 0.825. The number of aromatic nitrogens is 2. The average molecular weight is 181 g/mol. The molecule has 0 aliphatic carbocycles. The second-order valence-electron chi connectivity index (χ2n) is 2.77. The van der Waals surface area contributed by atoms with E-state index in [1.807, 2.05) is 19.9 Å². The van der Waals surface area contributed by atoms with Crippen LogP contribution in [0.3, 0.4) is 0 Å². The van der Waals surface area contributed by atoms with Gasteiger partial charge in [-0.3, -0.25) is 9.48 Å². The molecule has 1 rings (SSSR count). The van der Waals surface area contributed by atoms with Crippen molar-refractivity contribution in [1.82, 2.24) is 15.1 Å². The van der Waals surface area contributed by atoms with Gasteiger partial charge in [0.2, 0.25) is 0 Å². The topological polar surface area (TPSA) is 46.9 Å². The van der Waals surface area contributed by atoms with E-state index in [2.05, 4.69) is 10.4 Å². The lowest BCUT2D eigenvalue weighted by atomic mass is 10.3. The minimum atomic E-state index is -0.0750. The van der Waals surface area contributed by atoms with E-state index in [0.717, 1.165) is 18.7 Å². The SMILES string of the molecule is CCc1cc(C(=O)NC)n(CC)n1. The Morgan fingerprint density at radius 3 is 2.77 bits per heavy atom. The van der Waals surface area contributed by atoms with Gasteiger partial charge in [-0.25, -0.2) is 0 Å². The van der Waals surface area contributed by atoms with Crippen LogP contribution < -0.4 is 5.32 Å². The molecule has 0 unspecified atom stereocenters. The Morgan fingerprint density at radius 2 is 2.31 bits per heavy atom. The van der Waals surface area contributed by atoms with Crippen molar-refractivity contribution in [2.24, 2.45) is 0 Å². The number of nitrogens with one attached hydrogen (secondary N) is 1. The Kier molecular flexibility index (Phi) is 3.06. The zero-order valence-corrected chi connectivity index (χ0v) is 8.29. The molecular formula is C9H15N3O. The molecule has 0 saturated carbocycles. The minimum absolute atomic E-state index is 0.0750. The fourth-order valence-corrected chi connectivity index (χ4v) is 1.19. The first-order valence-electron chi connectivity index (χ1n) is 4.51. The van der Waals surface area contributed by atoms with Crippen LogP contribution in [0, 0.1) is 0 Å². The lowest BCUT2D eigenvalue weighted by molar-refractivity contribution is 0.0952. The summed E-state index contributed by atoms with van der Waals surface area (Å²) in [5.41, 5.74) is 1.60. The Hall–Kier alpha value is -1.32. The molecule has 4 nitrogen and oxygen atoms in total. The van der Waals surface area contributed by atoms with Crippen LogP contribution in [0.15, 0.2) is 6.07 Å². The van der Waals surface area contributed by atoms with Crippen molar-refractivity contribution in [1.29, 1.82) is 0 Å². The third kappa shape index (κ3) is 1.88. The Balaban J connectivity index is 3.03. The summed E-state index contributed by atoms with van der Waals surface area (Å²) in [7, 11) is 1.63. The summed E-state index contributed by atoms with van der Waals surface area (Å²) in [4.78, 5) is 11.4. The van der Waals surface area contributed by atoms with E-state index >= 15 is 0 Å². The van der Waals surface area contributed by atoms with Gasteiger partial charge in [0.05, 0.1) is 5.69 Å². The highest BCUT2D eigenvalue weighted by Crippen LogP contribution is 2.04. The maximum Gasteiger partial charge on any atom is 0.269 e. The smallest absolute Gasteiger partial charge is 0.269 e. The fourth-order valence-electron chi connectivity index (χ4n) is 1.19. The van der Waals surface area contributed by atoms with Crippen molar-refractivity contribution >= 4 is 5.91 Å². The molecule has 0 aliphatic rings. The molecule has 0 saturated heterocycles. The number of carbonyl (C=O) groups excluding carboxylic acids is 1. The van der Waals surface area contributed by atoms with Crippen LogP contribution in [0.1, 0.15) is 30.0 Å². The van der Waals surface area contributed by atoms with Gasteiger partial charge in [-0.2, -0.15) is 5.10 Å². The minimum Gasteiger partial charge on any atom is -0.354 e. The van der Waals surface area contributed by atoms with Gasteiger partial charge in [-0.1, -0.05) is 6.92 Å². The third-order valence-corrected chi connectivity index (χ3v) is 1.95. The second kappa shape index (κ2) is 4.07. The first kappa shape index (κ1) is 9.77. The van der Waals surface area contributed by atoms with Crippen molar-refractivity contribution < 1.29 is 4.79 Å². The Labute approximate surface area is 77.9 Å². The number of rotatable bonds is 3. The summed E-state index contributed by atoms with van der Waals surface area (Å²) < 4.78 is 1.72. The number of carbonyl (C=O) groups is 1. The molecule has 0 bridgehead atoms. The normalized spacial score (nSPS) is 10.1. The number of hydrogen-bond donors (Lipinski definition) is 1. The van der Waals surface area contributed by atoms with Crippen LogP contribution in [0.4, 0.5) is 0 Å². The molecule has 72 valence electrons. The molecule has 4 heteroatoms. The molecule has 0 spiro atoms. The molecule has 1 aromatic rings. The summed E-state index contributed by atoms with van der Waals surface area (Å²) in [5, 5.41) is 6.87. The van der Waals surface area contributed by atoms with Crippen molar-refractivity contribution in [2.75, 3.05) is 7.05 Å². The molecule has 0 fully saturated rings. The van der Waals surface area contributed by atoms with Crippen LogP contribution in [-0.4, -0.2) is 22.7 Å². The number of amides is 1. The van der Waals surface area contributed by atoms with Gasteiger partial charge < -0.3 is 5.32 Å². The van der Waals surface area contributed by atoms with E-state index in [4.69, 9.17) is 0 Å². The third-order valence-electron chi connectivity index (χ3n) is 1.95. The standard InChI is InChI=1S/C9H15N3O/c1-4-7-6-8(9(13)10-3)12(5-2)11-7/h6H,4-5H2,1-3H3,(H,10,13). The van der Waals surface area contributed by atoms with Gasteiger partial charge in [0, 0.05) is 13.6 Å². The van der Waals surface area contributed by atoms with Gasteiger partial charge >= 0.3 is 0 Å². The summed E-state index contributed by atoms with van der Waals surface area (Å²) in [6.07, 6.45) is 0.858. The molecule has 1 aromatic heterocycles. The number of hydrogen-bond acceptors (Lipinski definition) is 2. The summed E-state index contributed by atoms with van der Waals surface area (Å²) in [6.45, 7) is 4.72. The van der Waals surface area contributed by atoms with Crippen molar-refractivity contribution in [2.45, 2.75) is 26.8 Å². The quantitative estimate of drug-likeness (QED) is 0.750. The lowest BCUT2D eigenvalue weighted by Gasteiger charge is -2.01. The first-order chi connectivity index (χ1) is 6.22. The highest BCUT2D eigenvalue weighted by atomic mass is 16.1. The molecule has 1 amide bonds. The summed E-state index contributed by atoms with van der Waals surface area (Å²) in [5.74, 6) is -0.0750. The second-order valence-corrected chi connectivity index (χ2v) is 2.77. The van der Waals surface area contributed by atoms with E-state index in [-0.39, 0.29) is 5.91 Å². The van der Waals surface area contributed by atoms with E-state index in [1.54, 1.807) is 11.7 Å². The van der Waals surface area contributed by atoms with Gasteiger partial charge in [-0.15, -0.1) is 0 Å². The van der Waals surface area contributed by atoms with Crippen LogP contribution in [-0.2, 0) is 13.0 Å². The maximum absolute atomic E-state index is 11.4. The zero-order chi connectivity index (χ0) is 9.84. The lowest BCUT2D eigenvalue weighted by Crippen LogP contribution is -2.21. The van der Waals surface area contributed by atoms with Crippen LogP contribution in [0.5, 0.6) is 0 Å². The van der Waals surface area contributed by atoms with Gasteiger partial charge in [0.25, 0.3) is 5.91 Å². The molecule has 1 N–H and O–H groups in total. The van der Waals surface area contributed by atoms with Crippen molar-refractivity contribution in [3.05, 3.63) is 17.5 Å². The molecule has 0 radical (unpaired) electrons. The molecular weight excluding hydrogens is 166 g/mol. The van der Waals surface area contributed by atoms with E-state index in [0.29, 0.717) is 5.69 Å². The largest absolute Gasteiger partial charge is 0.354 e. The van der Waals surface area contributed by atoms with Crippen LogP contribution in [0.25, 0.3) is 0 Å². The van der Waals surface area contributed by atoms with E-state index < -0.39 is 0 Å². The highest BCUT2D eigenvalue weighted by Gasteiger charge is 2.11. The predicted molar refractivity (Wildman–Crippen MR) is 50.7 cm³/mol. The Bertz CT molecular complexity index is 304. The number of aryl methyl sites for hydroxylation is 2. The molecule has 0 atom stereocenters. The van der Waals surface area contributed by atoms with Crippen molar-refractivity contribution in [3.63, 3.8) is 0 Å². The van der Waals surface area contributed by atoms with Gasteiger partial charge in [0.15, 0.2) is 0 Å². The van der Waals surface area contributed by atoms with E-state index in [9.17, 15) is 4.79 Å². The monoisotopic (exact) mass is 181 g/mol. The number of nitrogens with zero attached hydrogens (tertiary/aromatic N) is 2. The van der Waals surface area contributed by atoms with Crippen molar-refractivity contribution in [3.8, 4) is 0 Å². The van der Waals surface area contributed by atoms with Crippen LogP contribution >= 0.6 is 0 Å². The molecule has 1 heterocycles. The fraction of sp³-hybridized carbons (Fsp3) is 0.556. The summed E-state index contributed by atoms with van der Waals surface area (Å²) >= 11 is 0. The first-order valence-corrected chi connectivity index (χ1v) is 4.51. The average Bonchev–Trinajstić information content (AvgIpc) is 2.59. The zero-order valence-electron chi connectivity index (χ0n) is 8.29.